The third-order valence-corrected chi connectivity index (χ3v) is 8.46. The molecule has 1 aliphatic heterocycles. The van der Waals surface area contributed by atoms with Crippen molar-refractivity contribution in [3.05, 3.63) is 47.1 Å². The summed E-state index contributed by atoms with van der Waals surface area (Å²) in [6, 6.07) is 5.90. The van der Waals surface area contributed by atoms with Gasteiger partial charge in [0.15, 0.2) is 5.65 Å². The van der Waals surface area contributed by atoms with Gasteiger partial charge in [-0.15, -0.1) is 0 Å². The number of hydrogen-bond donors (Lipinski definition) is 3. The number of aromatic nitrogens is 3. The molecule has 2 fully saturated rings. The van der Waals surface area contributed by atoms with Crippen molar-refractivity contribution in [2.45, 2.75) is 32.0 Å². The molecule has 12 heteroatoms. The minimum absolute atomic E-state index is 0.115. The first-order valence-corrected chi connectivity index (χ1v) is 13.8. The predicted octanol–water partition coefficient (Wildman–Crippen LogP) is 3.40. The number of halogens is 1. The molecule has 40 heavy (non-hydrogen) atoms. The minimum atomic E-state index is -0.790. The van der Waals surface area contributed by atoms with E-state index in [1.165, 1.54) is 0 Å². The SMILES string of the molecule is COc1cc(CN2CCN(C(C)=O)CC2)ccc1-c1nc2ncc(Cl)c(N[C@H]3[C@@H](OC(N)=O)[C@@H]4C=C[C@@H]3C4)c2[nH]1. The second-order valence-corrected chi connectivity index (χ2v) is 11.0. The number of amides is 2. The second-order valence-electron chi connectivity index (χ2n) is 10.6. The summed E-state index contributed by atoms with van der Waals surface area (Å²) in [7, 11) is 1.64. The van der Waals surface area contributed by atoms with Crippen LogP contribution in [0.3, 0.4) is 0 Å². The van der Waals surface area contributed by atoms with Crippen LogP contribution in [-0.4, -0.2) is 82.2 Å². The summed E-state index contributed by atoms with van der Waals surface area (Å²) in [6.45, 7) is 5.52. The molecule has 1 aromatic carbocycles. The molecule has 2 bridgehead atoms. The Hall–Kier alpha value is -3.83. The van der Waals surface area contributed by atoms with Crippen molar-refractivity contribution in [2.24, 2.45) is 17.6 Å². The lowest BCUT2D eigenvalue weighted by molar-refractivity contribution is -0.130. The number of rotatable bonds is 7. The highest BCUT2D eigenvalue weighted by atomic mass is 35.5. The van der Waals surface area contributed by atoms with Gasteiger partial charge in [0.1, 0.15) is 23.2 Å². The molecule has 2 aliphatic carbocycles. The Morgan fingerprint density at radius 3 is 2.70 bits per heavy atom. The third-order valence-electron chi connectivity index (χ3n) is 8.17. The van der Waals surface area contributed by atoms with Crippen LogP contribution in [0.2, 0.25) is 5.02 Å². The average Bonchev–Trinajstić information content (AvgIpc) is 3.66. The molecule has 1 saturated carbocycles. The van der Waals surface area contributed by atoms with Gasteiger partial charge in [-0.05, 0) is 24.1 Å². The summed E-state index contributed by atoms with van der Waals surface area (Å²) in [5.41, 5.74) is 9.07. The van der Waals surface area contributed by atoms with Crippen LogP contribution in [0, 0.1) is 11.8 Å². The van der Waals surface area contributed by atoms with E-state index in [1.54, 1.807) is 20.2 Å². The zero-order chi connectivity index (χ0) is 28.0. The van der Waals surface area contributed by atoms with E-state index in [0.717, 1.165) is 50.3 Å². The molecule has 1 saturated heterocycles. The lowest BCUT2D eigenvalue weighted by Crippen LogP contribution is -2.47. The first-order valence-electron chi connectivity index (χ1n) is 13.4. The second kappa shape index (κ2) is 10.6. The summed E-state index contributed by atoms with van der Waals surface area (Å²) in [6.07, 6.45) is 5.50. The monoisotopic (exact) mass is 565 g/mol. The van der Waals surface area contributed by atoms with Gasteiger partial charge in [0.05, 0.1) is 35.6 Å². The number of aromatic amines is 1. The molecule has 210 valence electrons. The molecule has 3 aliphatic rings. The van der Waals surface area contributed by atoms with Crippen LogP contribution in [-0.2, 0) is 16.1 Å². The molecule has 4 atom stereocenters. The van der Waals surface area contributed by atoms with Crippen molar-refractivity contribution in [1.82, 2.24) is 24.8 Å². The fraction of sp³-hybridized carbons (Fsp3) is 0.429. The number of benzene rings is 1. The molecule has 2 aromatic heterocycles. The standard InChI is InChI=1S/C28H32ClN7O4/c1-15(37)36-9-7-35(8-10-36)14-16-3-6-19(21(11-16)39-2)26-33-24-23(20(29)13-31-27(24)34-26)32-22-17-4-5-18(12-17)25(22)40-28(30)38/h3-6,11,13,17-18,22,25H,7-10,12,14H2,1-2H3,(H2,30,38)(H2,31,32,33,34)/t17-,18-,22-,25+/m1/s1. The highest BCUT2D eigenvalue weighted by Gasteiger charge is 2.47. The Labute approximate surface area is 236 Å². The Balaban J connectivity index is 1.25. The van der Waals surface area contributed by atoms with Crippen LogP contribution < -0.4 is 15.8 Å². The molecule has 2 amide bonds. The maximum absolute atomic E-state index is 11.6. The highest BCUT2D eigenvalue weighted by molar-refractivity contribution is 6.34. The Kier molecular flexibility index (Phi) is 7.01. The van der Waals surface area contributed by atoms with E-state index in [2.05, 4.69) is 38.4 Å². The molecule has 0 spiro atoms. The number of carbonyl (C=O) groups is 2. The number of primary amides is 1. The van der Waals surface area contributed by atoms with Crippen molar-refractivity contribution in [3.8, 4) is 17.1 Å². The number of methoxy groups -OCH3 is 1. The molecule has 3 heterocycles. The topological polar surface area (TPSA) is 139 Å². The van der Waals surface area contributed by atoms with Gasteiger partial charge in [0.2, 0.25) is 5.91 Å². The van der Waals surface area contributed by atoms with Gasteiger partial charge in [0.25, 0.3) is 0 Å². The maximum Gasteiger partial charge on any atom is 0.404 e. The number of H-pyrrole nitrogens is 1. The van der Waals surface area contributed by atoms with Crippen molar-refractivity contribution in [1.29, 1.82) is 0 Å². The third kappa shape index (κ3) is 4.95. The van der Waals surface area contributed by atoms with Crippen LogP contribution in [0.4, 0.5) is 10.5 Å². The Morgan fingerprint density at radius 1 is 1.20 bits per heavy atom. The summed E-state index contributed by atoms with van der Waals surface area (Å²) in [4.78, 5) is 40.0. The van der Waals surface area contributed by atoms with Crippen molar-refractivity contribution >= 4 is 40.5 Å². The number of nitrogens with zero attached hydrogens (tertiary/aromatic N) is 4. The fourth-order valence-electron chi connectivity index (χ4n) is 6.14. The summed E-state index contributed by atoms with van der Waals surface area (Å²) < 4.78 is 11.2. The van der Waals surface area contributed by atoms with E-state index >= 15 is 0 Å². The Bertz CT molecular complexity index is 1480. The van der Waals surface area contributed by atoms with Gasteiger partial charge in [0, 0.05) is 51.5 Å². The zero-order valence-corrected chi connectivity index (χ0v) is 23.1. The quantitative estimate of drug-likeness (QED) is 0.370. The van der Waals surface area contributed by atoms with E-state index in [1.807, 2.05) is 17.0 Å². The van der Waals surface area contributed by atoms with E-state index in [0.29, 0.717) is 33.4 Å². The molecular formula is C28H32ClN7O4. The molecule has 4 N–H and O–H groups in total. The number of anilines is 1. The van der Waals surface area contributed by atoms with E-state index < -0.39 is 6.09 Å². The minimum Gasteiger partial charge on any atom is -0.496 e. The van der Waals surface area contributed by atoms with Gasteiger partial charge in [-0.3, -0.25) is 9.69 Å². The van der Waals surface area contributed by atoms with Crippen LogP contribution in [0.15, 0.2) is 36.5 Å². The lowest BCUT2D eigenvalue weighted by Gasteiger charge is -2.34. The first-order chi connectivity index (χ1) is 19.3. The number of nitrogens with two attached hydrogens (primary N) is 1. The number of fused-ring (bicyclic) bond motifs is 3. The number of hydrogen-bond acceptors (Lipinski definition) is 8. The fourth-order valence-corrected chi connectivity index (χ4v) is 6.34. The smallest absolute Gasteiger partial charge is 0.404 e. The number of carbonyl (C=O) groups excluding carboxylic acids is 2. The molecule has 11 nitrogen and oxygen atoms in total. The largest absolute Gasteiger partial charge is 0.496 e. The molecular weight excluding hydrogens is 534 g/mol. The van der Waals surface area contributed by atoms with Crippen molar-refractivity contribution < 1.29 is 19.1 Å². The highest BCUT2D eigenvalue weighted by Crippen LogP contribution is 2.44. The molecule has 3 aromatic rings. The summed E-state index contributed by atoms with van der Waals surface area (Å²) >= 11 is 6.62. The van der Waals surface area contributed by atoms with Gasteiger partial charge < -0.3 is 30.4 Å². The van der Waals surface area contributed by atoms with Gasteiger partial charge >= 0.3 is 6.09 Å². The van der Waals surface area contributed by atoms with E-state index in [-0.39, 0.29) is 29.9 Å². The zero-order valence-electron chi connectivity index (χ0n) is 22.4. The predicted molar refractivity (Wildman–Crippen MR) is 151 cm³/mol. The Morgan fingerprint density at radius 2 is 1.98 bits per heavy atom. The number of ether oxygens (including phenoxy) is 2. The number of nitrogens with one attached hydrogen (secondary N) is 2. The van der Waals surface area contributed by atoms with Gasteiger partial charge in [-0.2, -0.15) is 0 Å². The van der Waals surface area contributed by atoms with Gasteiger partial charge in [-0.25, -0.2) is 14.8 Å². The molecule has 0 unspecified atom stereocenters. The maximum atomic E-state index is 11.6. The lowest BCUT2D eigenvalue weighted by atomic mass is 9.98. The van der Waals surface area contributed by atoms with E-state index in [9.17, 15) is 9.59 Å². The van der Waals surface area contributed by atoms with Crippen LogP contribution in [0.5, 0.6) is 5.75 Å². The van der Waals surface area contributed by atoms with Crippen LogP contribution in [0.1, 0.15) is 18.9 Å². The van der Waals surface area contributed by atoms with Crippen molar-refractivity contribution in [2.75, 3.05) is 38.6 Å². The summed E-state index contributed by atoms with van der Waals surface area (Å²) in [5.74, 6) is 1.71. The average molecular weight is 566 g/mol. The van der Waals surface area contributed by atoms with Crippen LogP contribution >= 0.6 is 11.6 Å². The number of imidazole rings is 1. The molecule has 6 rings (SSSR count). The van der Waals surface area contributed by atoms with E-state index in [4.69, 9.17) is 31.8 Å². The molecule has 0 radical (unpaired) electrons. The number of piperazine rings is 1. The first kappa shape index (κ1) is 26.4. The van der Waals surface area contributed by atoms with Crippen LogP contribution in [0.25, 0.3) is 22.6 Å². The summed E-state index contributed by atoms with van der Waals surface area (Å²) in [5, 5.41) is 3.94. The van der Waals surface area contributed by atoms with Gasteiger partial charge in [-0.1, -0.05) is 29.8 Å². The van der Waals surface area contributed by atoms with Crippen molar-refractivity contribution in [3.63, 3.8) is 0 Å². The number of pyridine rings is 1. The normalized spacial score (nSPS) is 24.0.